The molecule has 0 radical (unpaired) electrons. The van der Waals surface area contributed by atoms with E-state index in [0.29, 0.717) is 6.42 Å². The van der Waals surface area contributed by atoms with E-state index in [-0.39, 0.29) is 6.42 Å². The zero-order chi connectivity index (χ0) is 13.3. The molecule has 0 aliphatic carbocycles. The number of carbonyl (C=O) groups is 1. The molecule has 0 spiro atoms. The summed E-state index contributed by atoms with van der Waals surface area (Å²) in [6.45, 7) is 2.13. The first kappa shape index (κ1) is 16.4. The van der Waals surface area contributed by atoms with Gasteiger partial charge in [-0.3, -0.25) is 9.35 Å². The van der Waals surface area contributed by atoms with Crippen LogP contribution in [0.5, 0.6) is 0 Å². The van der Waals surface area contributed by atoms with Crippen molar-refractivity contribution in [2.45, 2.75) is 63.5 Å². The molecule has 0 heterocycles. The molecule has 0 aliphatic heterocycles. The molecule has 102 valence electrons. The second-order valence-electron chi connectivity index (χ2n) is 4.25. The minimum absolute atomic E-state index is 0.0120. The smallest absolute Gasteiger partial charge is 0.324 e. The number of carboxylic acid groups (broad SMARTS) is 1. The maximum Gasteiger partial charge on any atom is 0.324 e. The van der Waals surface area contributed by atoms with Crippen LogP contribution >= 0.6 is 0 Å². The number of rotatable bonds is 10. The molecular weight excluding hydrogens is 244 g/mol. The van der Waals surface area contributed by atoms with Crippen LogP contribution in [0.4, 0.5) is 0 Å². The quantitative estimate of drug-likeness (QED) is 0.468. The molecule has 0 rings (SSSR count). The lowest BCUT2D eigenvalue weighted by Crippen LogP contribution is -2.29. The zero-order valence-corrected chi connectivity index (χ0v) is 11.1. The molecule has 0 aromatic rings. The van der Waals surface area contributed by atoms with Gasteiger partial charge in [0.05, 0.1) is 0 Å². The molecule has 17 heavy (non-hydrogen) atoms. The monoisotopic (exact) mass is 266 g/mol. The predicted molar refractivity (Wildman–Crippen MR) is 65.6 cm³/mol. The normalized spacial score (nSPS) is 13.5. The molecule has 0 fully saturated rings. The lowest BCUT2D eigenvalue weighted by atomic mass is 10.1. The van der Waals surface area contributed by atoms with Crippen molar-refractivity contribution in [2.24, 2.45) is 0 Å². The molecule has 0 amide bonds. The molecule has 0 saturated carbocycles. The Morgan fingerprint density at radius 3 is 1.94 bits per heavy atom. The van der Waals surface area contributed by atoms with Gasteiger partial charge < -0.3 is 5.11 Å². The number of hydrogen-bond donors (Lipinski definition) is 2. The summed E-state index contributed by atoms with van der Waals surface area (Å²) >= 11 is 0. The van der Waals surface area contributed by atoms with Crippen LogP contribution in [0.3, 0.4) is 0 Å². The molecule has 0 aromatic carbocycles. The lowest BCUT2D eigenvalue weighted by Gasteiger charge is -2.08. The Balaban J connectivity index is 3.75. The summed E-state index contributed by atoms with van der Waals surface area (Å²) in [4.78, 5) is 10.6. The van der Waals surface area contributed by atoms with E-state index in [1.807, 2.05) is 0 Å². The second-order valence-corrected chi connectivity index (χ2v) is 5.85. The first-order valence-electron chi connectivity index (χ1n) is 6.08. The Hall–Kier alpha value is -0.620. The first-order valence-corrected chi connectivity index (χ1v) is 7.59. The van der Waals surface area contributed by atoms with E-state index in [2.05, 4.69) is 6.92 Å². The SMILES string of the molecule is CCCCCCCCCC(C(=O)O)S(=O)(=O)O. The fourth-order valence-corrected chi connectivity index (χ4v) is 2.41. The molecule has 1 unspecified atom stereocenters. The highest BCUT2D eigenvalue weighted by Gasteiger charge is 2.29. The van der Waals surface area contributed by atoms with Crippen molar-refractivity contribution in [3.8, 4) is 0 Å². The third-order valence-electron chi connectivity index (χ3n) is 2.70. The van der Waals surface area contributed by atoms with Crippen LogP contribution in [0.15, 0.2) is 0 Å². The average Bonchev–Trinajstić information content (AvgIpc) is 2.19. The summed E-state index contributed by atoms with van der Waals surface area (Å²) in [6.07, 6.45) is 6.92. The molecule has 0 aliphatic rings. The molecule has 0 saturated heterocycles. The molecular formula is C11H22O5S. The van der Waals surface area contributed by atoms with Crippen LogP contribution in [0, 0.1) is 0 Å². The van der Waals surface area contributed by atoms with Crippen molar-refractivity contribution in [2.75, 3.05) is 0 Å². The van der Waals surface area contributed by atoms with Crippen LogP contribution in [-0.4, -0.2) is 29.3 Å². The molecule has 0 aromatic heterocycles. The third kappa shape index (κ3) is 8.15. The first-order chi connectivity index (χ1) is 7.89. The van der Waals surface area contributed by atoms with Crippen LogP contribution in [0.25, 0.3) is 0 Å². The van der Waals surface area contributed by atoms with Crippen LogP contribution in [0.1, 0.15) is 58.3 Å². The Bertz CT molecular complexity index is 310. The maximum atomic E-state index is 10.8. The van der Waals surface area contributed by atoms with E-state index in [1.54, 1.807) is 0 Å². The van der Waals surface area contributed by atoms with Gasteiger partial charge in [0.25, 0.3) is 10.1 Å². The highest BCUT2D eigenvalue weighted by molar-refractivity contribution is 7.87. The van der Waals surface area contributed by atoms with Crippen LogP contribution in [-0.2, 0) is 14.9 Å². The van der Waals surface area contributed by atoms with Gasteiger partial charge in [0, 0.05) is 0 Å². The van der Waals surface area contributed by atoms with Crippen molar-refractivity contribution in [3.63, 3.8) is 0 Å². The average molecular weight is 266 g/mol. The maximum absolute atomic E-state index is 10.8. The van der Waals surface area contributed by atoms with Gasteiger partial charge in [-0.1, -0.05) is 51.9 Å². The van der Waals surface area contributed by atoms with Crippen LogP contribution in [0.2, 0.25) is 0 Å². The van der Waals surface area contributed by atoms with E-state index in [9.17, 15) is 13.2 Å². The minimum atomic E-state index is -4.47. The van der Waals surface area contributed by atoms with E-state index in [0.717, 1.165) is 25.7 Å². The molecule has 0 bridgehead atoms. The van der Waals surface area contributed by atoms with Gasteiger partial charge in [0.2, 0.25) is 0 Å². The molecule has 5 nitrogen and oxygen atoms in total. The van der Waals surface area contributed by atoms with Gasteiger partial charge in [0.15, 0.2) is 5.25 Å². The third-order valence-corrected chi connectivity index (χ3v) is 3.86. The van der Waals surface area contributed by atoms with E-state index in [4.69, 9.17) is 9.66 Å². The Morgan fingerprint density at radius 1 is 1.06 bits per heavy atom. The Kier molecular flexibility index (Phi) is 8.16. The summed E-state index contributed by atoms with van der Waals surface area (Å²) in [5.74, 6) is -1.47. The number of unbranched alkanes of at least 4 members (excludes halogenated alkanes) is 6. The van der Waals surface area contributed by atoms with Crippen molar-refractivity contribution >= 4 is 16.1 Å². The van der Waals surface area contributed by atoms with Gasteiger partial charge in [-0.25, -0.2) is 0 Å². The second kappa shape index (κ2) is 8.47. The van der Waals surface area contributed by atoms with Gasteiger partial charge in [0.1, 0.15) is 0 Å². The fourth-order valence-electron chi connectivity index (χ4n) is 1.69. The van der Waals surface area contributed by atoms with Crippen LogP contribution < -0.4 is 0 Å². The van der Waals surface area contributed by atoms with Crippen molar-refractivity contribution in [1.29, 1.82) is 0 Å². The largest absolute Gasteiger partial charge is 0.480 e. The predicted octanol–water partition coefficient (Wildman–Crippen LogP) is 2.47. The Labute approximate surface area is 103 Å². The van der Waals surface area contributed by atoms with Crippen molar-refractivity contribution in [3.05, 3.63) is 0 Å². The van der Waals surface area contributed by atoms with Gasteiger partial charge in [-0.2, -0.15) is 8.42 Å². The lowest BCUT2D eigenvalue weighted by molar-refractivity contribution is -0.136. The number of hydrogen-bond acceptors (Lipinski definition) is 3. The standard InChI is InChI=1S/C11H22O5S/c1-2-3-4-5-6-7-8-9-10(11(12)13)17(14,15)16/h10H,2-9H2,1H3,(H,12,13)(H,14,15,16). The van der Waals surface area contributed by atoms with E-state index < -0.39 is 21.3 Å². The van der Waals surface area contributed by atoms with E-state index in [1.165, 1.54) is 12.8 Å². The molecule has 6 heteroatoms. The zero-order valence-electron chi connectivity index (χ0n) is 10.3. The summed E-state index contributed by atoms with van der Waals surface area (Å²) in [5.41, 5.74) is 0. The van der Waals surface area contributed by atoms with Gasteiger partial charge >= 0.3 is 5.97 Å². The highest BCUT2D eigenvalue weighted by Crippen LogP contribution is 2.13. The van der Waals surface area contributed by atoms with E-state index >= 15 is 0 Å². The van der Waals surface area contributed by atoms with Crippen molar-refractivity contribution < 1.29 is 22.9 Å². The molecule has 1 atom stereocenters. The summed E-state index contributed by atoms with van der Waals surface area (Å²) in [5, 5.41) is 6.97. The highest BCUT2D eigenvalue weighted by atomic mass is 32.2. The Morgan fingerprint density at radius 2 is 1.53 bits per heavy atom. The van der Waals surface area contributed by atoms with Crippen molar-refractivity contribution in [1.82, 2.24) is 0 Å². The summed E-state index contributed by atoms with van der Waals surface area (Å²) < 4.78 is 30.2. The fraction of sp³-hybridized carbons (Fsp3) is 0.909. The number of aliphatic carboxylic acids is 1. The summed E-state index contributed by atoms with van der Waals surface area (Å²) in [7, 11) is -4.47. The molecule has 2 N–H and O–H groups in total. The van der Waals surface area contributed by atoms with Gasteiger partial charge in [-0.15, -0.1) is 0 Å². The number of carboxylic acids is 1. The minimum Gasteiger partial charge on any atom is -0.480 e. The topological polar surface area (TPSA) is 91.7 Å². The van der Waals surface area contributed by atoms with Gasteiger partial charge in [-0.05, 0) is 6.42 Å². The summed E-state index contributed by atoms with van der Waals surface area (Å²) in [6, 6.07) is 0.